The smallest absolute Gasteiger partial charge is 0.0794 e. The highest BCUT2D eigenvalue weighted by atomic mass is 32.1. The van der Waals surface area contributed by atoms with Crippen molar-refractivity contribution >= 4 is 11.3 Å². The van der Waals surface area contributed by atoms with E-state index >= 15 is 0 Å². The molecule has 1 aromatic rings. The number of nitrogens with zero attached hydrogens (tertiary/aromatic N) is 1. The normalized spacial score (nSPS) is 26.7. The summed E-state index contributed by atoms with van der Waals surface area (Å²) < 4.78 is 0. The quantitative estimate of drug-likeness (QED) is 0.850. The second-order valence-corrected chi connectivity index (χ2v) is 5.36. The molecule has 2 rings (SSSR count). The fourth-order valence-electron chi connectivity index (χ4n) is 2.23. The summed E-state index contributed by atoms with van der Waals surface area (Å²) in [5.74, 6) is 0.946. The summed E-state index contributed by atoms with van der Waals surface area (Å²) in [5, 5.41) is 5.79. The van der Waals surface area contributed by atoms with Crippen molar-refractivity contribution in [3.8, 4) is 0 Å². The van der Waals surface area contributed by atoms with Crippen molar-refractivity contribution in [2.45, 2.75) is 45.1 Å². The van der Waals surface area contributed by atoms with Gasteiger partial charge in [0.05, 0.1) is 11.2 Å². The summed E-state index contributed by atoms with van der Waals surface area (Å²) in [5.41, 5.74) is 3.15. The molecule has 0 bridgehead atoms. The van der Waals surface area contributed by atoms with Gasteiger partial charge < -0.3 is 5.32 Å². The lowest BCUT2D eigenvalue weighted by Gasteiger charge is -2.26. The Morgan fingerprint density at radius 2 is 2.20 bits per heavy atom. The number of nitrogens with one attached hydrogen (secondary N) is 1. The van der Waals surface area contributed by atoms with E-state index in [0.29, 0.717) is 0 Å². The predicted molar refractivity (Wildman–Crippen MR) is 65.2 cm³/mol. The van der Waals surface area contributed by atoms with Gasteiger partial charge in [0, 0.05) is 24.4 Å². The summed E-state index contributed by atoms with van der Waals surface area (Å²) in [6.45, 7) is 3.45. The molecule has 84 valence electrons. The first-order valence-corrected chi connectivity index (χ1v) is 6.89. The summed E-state index contributed by atoms with van der Waals surface area (Å²) in [6.07, 6.45) is 6.59. The van der Waals surface area contributed by atoms with Gasteiger partial charge in [0.15, 0.2) is 0 Å². The van der Waals surface area contributed by atoms with Crippen molar-refractivity contribution in [2.75, 3.05) is 6.54 Å². The number of thiazole rings is 1. The van der Waals surface area contributed by atoms with E-state index in [1.54, 1.807) is 11.3 Å². The summed E-state index contributed by atoms with van der Waals surface area (Å²) in [6, 6.07) is 0.764. The van der Waals surface area contributed by atoms with Crippen LogP contribution in [0.1, 0.15) is 38.3 Å². The van der Waals surface area contributed by atoms with Crippen molar-refractivity contribution in [1.82, 2.24) is 10.3 Å². The molecule has 0 aliphatic heterocycles. The molecule has 3 heteroatoms. The summed E-state index contributed by atoms with van der Waals surface area (Å²) >= 11 is 1.69. The minimum atomic E-state index is 0.764. The molecular formula is C12H20N2S. The Hall–Kier alpha value is -0.410. The van der Waals surface area contributed by atoms with Gasteiger partial charge in [-0.1, -0.05) is 6.92 Å². The fourth-order valence-corrected chi connectivity index (χ4v) is 2.82. The minimum absolute atomic E-state index is 0.764. The molecular weight excluding hydrogens is 204 g/mol. The molecule has 1 aliphatic carbocycles. The first-order chi connectivity index (χ1) is 7.34. The van der Waals surface area contributed by atoms with Crippen LogP contribution in [0.4, 0.5) is 0 Å². The molecule has 0 atom stereocenters. The van der Waals surface area contributed by atoms with Gasteiger partial charge in [-0.15, -0.1) is 11.3 Å². The van der Waals surface area contributed by atoms with Crippen LogP contribution in [0.5, 0.6) is 0 Å². The molecule has 0 unspecified atom stereocenters. The van der Waals surface area contributed by atoms with Crippen molar-refractivity contribution in [3.05, 3.63) is 16.6 Å². The lowest BCUT2D eigenvalue weighted by atomic mass is 9.87. The Morgan fingerprint density at radius 1 is 1.40 bits per heavy atom. The second-order valence-electron chi connectivity index (χ2n) is 4.64. The Labute approximate surface area is 96.1 Å². The van der Waals surface area contributed by atoms with Crippen LogP contribution >= 0.6 is 11.3 Å². The molecule has 15 heavy (non-hydrogen) atoms. The third-order valence-electron chi connectivity index (χ3n) is 3.31. The van der Waals surface area contributed by atoms with Gasteiger partial charge in [-0.3, -0.25) is 0 Å². The zero-order valence-electron chi connectivity index (χ0n) is 9.41. The largest absolute Gasteiger partial charge is 0.314 e. The van der Waals surface area contributed by atoms with Crippen LogP contribution in [-0.4, -0.2) is 17.6 Å². The SMILES string of the molecule is CC1CCC(NCCc2cscn2)CC1. The van der Waals surface area contributed by atoms with Crippen LogP contribution in [-0.2, 0) is 6.42 Å². The van der Waals surface area contributed by atoms with Gasteiger partial charge in [0.2, 0.25) is 0 Å². The second kappa shape index (κ2) is 5.61. The van der Waals surface area contributed by atoms with E-state index in [0.717, 1.165) is 24.9 Å². The average Bonchev–Trinajstić information content (AvgIpc) is 2.74. The van der Waals surface area contributed by atoms with Gasteiger partial charge in [0.25, 0.3) is 0 Å². The van der Waals surface area contributed by atoms with Crippen LogP contribution in [0.15, 0.2) is 10.9 Å². The Bertz CT molecular complexity index is 263. The standard InChI is InChI=1S/C12H20N2S/c1-10-2-4-11(5-3-10)13-7-6-12-8-15-9-14-12/h8-11,13H,2-7H2,1H3. The number of rotatable bonds is 4. The van der Waals surface area contributed by atoms with E-state index in [1.165, 1.54) is 31.4 Å². The summed E-state index contributed by atoms with van der Waals surface area (Å²) in [4.78, 5) is 4.29. The molecule has 1 saturated carbocycles. The van der Waals surface area contributed by atoms with Crippen molar-refractivity contribution in [1.29, 1.82) is 0 Å². The highest BCUT2D eigenvalue weighted by Gasteiger charge is 2.17. The van der Waals surface area contributed by atoms with Crippen LogP contribution in [0, 0.1) is 5.92 Å². The average molecular weight is 224 g/mol. The topological polar surface area (TPSA) is 24.9 Å². The van der Waals surface area contributed by atoms with Crippen molar-refractivity contribution < 1.29 is 0 Å². The highest BCUT2D eigenvalue weighted by molar-refractivity contribution is 7.07. The van der Waals surface area contributed by atoms with Crippen LogP contribution in [0.2, 0.25) is 0 Å². The third-order valence-corrected chi connectivity index (χ3v) is 3.95. The van der Waals surface area contributed by atoms with Crippen LogP contribution in [0.3, 0.4) is 0 Å². The first-order valence-electron chi connectivity index (χ1n) is 5.95. The molecule has 1 aliphatic rings. The molecule has 1 fully saturated rings. The van der Waals surface area contributed by atoms with E-state index in [4.69, 9.17) is 0 Å². The number of hydrogen-bond acceptors (Lipinski definition) is 3. The molecule has 0 aromatic carbocycles. The highest BCUT2D eigenvalue weighted by Crippen LogP contribution is 2.23. The van der Waals surface area contributed by atoms with E-state index in [9.17, 15) is 0 Å². The maximum atomic E-state index is 4.29. The van der Waals surface area contributed by atoms with E-state index in [-0.39, 0.29) is 0 Å². The fraction of sp³-hybridized carbons (Fsp3) is 0.750. The Morgan fingerprint density at radius 3 is 2.87 bits per heavy atom. The molecule has 0 radical (unpaired) electrons. The van der Waals surface area contributed by atoms with Crippen LogP contribution < -0.4 is 5.32 Å². The third kappa shape index (κ3) is 3.58. The first kappa shape index (κ1) is 11.1. The molecule has 1 heterocycles. The molecule has 0 spiro atoms. The molecule has 0 saturated heterocycles. The molecule has 1 aromatic heterocycles. The summed E-state index contributed by atoms with van der Waals surface area (Å²) in [7, 11) is 0. The Balaban J connectivity index is 1.62. The maximum absolute atomic E-state index is 4.29. The van der Waals surface area contributed by atoms with Gasteiger partial charge in [0.1, 0.15) is 0 Å². The lowest BCUT2D eigenvalue weighted by molar-refractivity contribution is 0.309. The van der Waals surface area contributed by atoms with Gasteiger partial charge >= 0.3 is 0 Å². The minimum Gasteiger partial charge on any atom is -0.314 e. The maximum Gasteiger partial charge on any atom is 0.0794 e. The monoisotopic (exact) mass is 224 g/mol. The van der Waals surface area contributed by atoms with E-state index < -0.39 is 0 Å². The van der Waals surface area contributed by atoms with Crippen LogP contribution in [0.25, 0.3) is 0 Å². The lowest BCUT2D eigenvalue weighted by Crippen LogP contribution is -2.34. The van der Waals surface area contributed by atoms with Gasteiger partial charge in [-0.05, 0) is 31.6 Å². The number of aromatic nitrogens is 1. The van der Waals surface area contributed by atoms with Crippen molar-refractivity contribution in [3.63, 3.8) is 0 Å². The molecule has 2 nitrogen and oxygen atoms in total. The zero-order valence-corrected chi connectivity index (χ0v) is 10.2. The Kier molecular flexibility index (Phi) is 4.15. The predicted octanol–water partition coefficient (Wildman–Crippen LogP) is 2.85. The van der Waals surface area contributed by atoms with E-state index in [2.05, 4.69) is 22.6 Å². The van der Waals surface area contributed by atoms with Gasteiger partial charge in [-0.25, -0.2) is 4.98 Å². The molecule has 1 N–H and O–H groups in total. The number of hydrogen-bond donors (Lipinski definition) is 1. The van der Waals surface area contributed by atoms with Crippen molar-refractivity contribution in [2.24, 2.45) is 5.92 Å². The zero-order chi connectivity index (χ0) is 10.5. The molecule has 0 amide bonds. The van der Waals surface area contributed by atoms with Gasteiger partial charge in [-0.2, -0.15) is 0 Å². The van der Waals surface area contributed by atoms with E-state index in [1.807, 2.05) is 5.51 Å².